The van der Waals surface area contributed by atoms with Crippen LogP contribution in [0.5, 0.6) is 5.75 Å². The molecule has 2 heteroatoms. The van der Waals surface area contributed by atoms with Gasteiger partial charge in [-0.25, -0.2) is 0 Å². The van der Waals surface area contributed by atoms with Gasteiger partial charge in [-0.05, 0) is 29.1 Å². The molecular formula is C19H30OSi. The SMILES string of the molecule is Cc1cccc2c1O/C(=C\[Si](C(C)C)(C(C)C)C(C)C)C2. The lowest BCUT2D eigenvalue weighted by Gasteiger charge is -2.40. The molecule has 1 aromatic rings. The Bertz CT molecular complexity index is 519. The largest absolute Gasteiger partial charge is 0.462 e. The van der Waals surface area contributed by atoms with Gasteiger partial charge in [0, 0.05) is 12.0 Å². The molecule has 0 aliphatic carbocycles. The van der Waals surface area contributed by atoms with E-state index in [9.17, 15) is 0 Å². The molecule has 0 spiro atoms. The molecule has 1 aromatic carbocycles. The average Bonchev–Trinajstić information content (AvgIpc) is 2.78. The van der Waals surface area contributed by atoms with E-state index in [1.807, 2.05) is 0 Å². The average molecular weight is 303 g/mol. The van der Waals surface area contributed by atoms with Gasteiger partial charge in [0.2, 0.25) is 0 Å². The second-order valence-corrected chi connectivity index (χ2v) is 13.2. The van der Waals surface area contributed by atoms with Crippen molar-refractivity contribution in [2.75, 3.05) is 0 Å². The maximum absolute atomic E-state index is 6.24. The molecule has 116 valence electrons. The summed E-state index contributed by atoms with van der Waals surface area (Å²) < 4.78 is 6.24. The van der Waals surface area contributed by atoms with E-state index in [-0.39, 0.29) is 0 Å². The van der Waals surface area contributed by atoms with Gasteiger partial charge in [-0.1, -0.05) is 65.4 Å². The second kappa shape index (κ2) is 6.00. The summed E-state index contributed by atoms with van der Waals surface area (Å²) in [6.45, 7) is 16.5. The Morgan fingerprint density at radius 1 is 1.00 bits per heavy atom. The van der Waals surface area contributed by atoms with Crippen molar-refractivity contribution < 1.29 is 4.74 Å². The summed E-state index contributed by atoms with van der Waals surface area (Å²) in [5, 5.41) is 0. The van der Waals surface area contributed by atoms with Crippen LogP contribution in [0.15, 0.2) is 29.7 Å². The molecule has 0 saturated carbocycles. The standard InChI is InChI=1S/C19H30OSi/c1-13(2)21(14(3)4,15(5)6)12-18-11-17-10-8-9-16(7)19(17)20-18/h8-10,12-15H,11H2,1-7H3/b18-12-. The first-order valence-corrected chi connectivity index (χ1v) is 10.6. The summed E-state index contributed by atoms with van der Waals surface area (Å²) in [6, 6.07) is 6.48. The van der Waals surface area contributed by atoms with Crippen molar-refractivity contribution in [3.8, 4) is 5.75 Å². The molecule has 0 fully saturated rings. The molecule has 1 heterocycles. The Labute approximate surface area is 131 Å². The lowest BCUT2D eigenvalue weighted by atomic mass is 10.1. The van der Waals surface area contributed by atoms with E-state index in [1.165, 1.54) is 16.9 Å². The molecule has 0 atom stereocenters. The van der Waals surface area contributed by atoms with Gasteiger partial charge >= 0.3 is 0 Å². The van der Waals surface area contributed by atoms with Crippen LogP contribution in [-0.4, -0.2) is 8.07 Å². The third-order valence-corrected chi connectivity index (χ3v) is 12.1. The summed E-state index contributed by atoms with van der Waals surface area (Å²) in [5.74, 6) is 2.30. The van der Waals surface area contributed by atoms with Crippen LogP contribution in [0.25, 0.3) is 0 Å². The van der Waals surface area contributed by atoms with Gasteiger partial charge in [0.1, 0.15) is 11.5 Å². The van der Waals surface area contributed by atoms with Gasteiger partial charge in [-0.15, -0.1) is 0 Å². The number of rotatable bonds is 4. The van der Waals surface area contributed by atoms with Gasteiger partial charge in [-0.3, -0.25) is 0 Å². The van der Waals surface area contributed by atoms with Crippen molar-refractivity contribution in [1.82, 2.24) is 0 Å². The van der Waals surface area contributed by atoms with E-state index >= 15 is 0 Å². The predicted molar refractivity (Wildman–Crippen MR) is 94.6 cm³/mol. The highest BCUT2D eigenvalue weighted by Crippen LogP contribution is 2.44. The van der Waals surface area contributed by atoms with E-state index in [2.05, 4.69) is 72.4 Å². The maximum atomic E-state index is 6.24. The minimum atomic E-state index is -1.54. The zero-order valence-corrected chi connectivity index (χ0v) is 15.7. The Kier molecular flexibility index (Phi) is 4.67. The molecule has 21 heavy (non-hydrogen) atoms. The molecule has 1 aliphatic rings. The molecule has 0 N–H and O–H groups in total. The van der Waals surface area contributed by atoms with E-state index in [0.29, 0.717) is 0 Å². The highest BCUT2D eigenvalue weighted by atomic mass is 28.3. The van der Waals surface area contributed by atoms with Crippen LogP contribution >= 0.6 is 0 Å². The lowest BCUT2D eigenvalue weighted by Crippen LogP contribution is -2.43. The number of hydrogen-bond donors (Lipinski definition) is 0. The minimum Gasteiger partial charge on any atom is -0.462 e. The van der Waals surface area contributed by atoms with Gasteiger partial charge in [0.15, 0.2) is 0 Å². The van der Waals surface area contributed by atoms with Crippen molar-refractivity contribution in [1.29, 1.82) is 0 Å². The third kappa shape index (κ3) is 2.83. The topological polar surface area (TPSA) is 9.23 Å². The van der Waals surface area contributed by atoms with Gasteiger partial charge in [0.05, 0.1) is 8.07 Å². The van der Waals surface area contributed by atoms with Crippen LogP contribution < -0.4 is 4.74 Å². The number of allylic oxidation sites excluding steroid dienone is 1. The second-order valence-electron chi connectivity index (χ2n) is 7.42. The van der Waals surface area contributed by atoms with Gasteiger partial charge < -0.3 is 4.74 Å². The fourth-order valence-electron chi connectivity index (χ4n) is 4.21. The molecule has 0 bridgehead atoms. The molecular weight excluding hydrogens is 272 g/mol. The first-order valence-electron chi connectivity index (χ1n) is 8.27. The number of para-hydroxylation sites is 1. The van der Waals surface area contributed by atoms with Crippen LogP contribution in [0.2, 0.25) is 16.6 Å². The van der Waals surface area contributed by atoms with Crippen molar-refractivity contribution in [2.45, 2.75) is 71.5 Å². The van der Waals surface area contributed by atoms with Crippen LogP contribution in [0.1, 0.15) is 52.7 Å². The molecule has 0 radical (unpaired) electrons. The fraction of sp³-hybridized carbons (Fsp3) is 0.579. The maximum Gasteiger partial charge on any atom is 0.133 e. The van der Waals surface area contributed by atoms with E-state index in [4.69, 9.17) is 4.74 Å². The zero-order valence-electron chi connectivity index (χ0n) is 14.7. The summed E-state index contributed by atoms with van der Waals surface area (Å²) >= 11 is 0. The Morgan fingerprint density at radius 2 is 1.57 bits per heavy atom. The van der Waals surface area contributed by atoms with Crippen molar-refractivity contribution in [3.05, 3.63) is 40.8 Å². The zero-order chi connectivity index (χ0) is 15.8. The van der Waals surface area contributed by atoms with Crippen molar-refractivity contribution >= 4 is 8.07 Å². The molecule has 0 amide bonds. The molecule has 2 rings (SSSR count). The van der Waals surface area contributed by atoms with E-state index < -0.39 is 8.07 Å². The lowest BCUT2D eigenvalue weighted by molar-refractivity contribution is 0.444. The van der Waals surface area contributed by atoms with Gasteiger partial charge in [-0.2, -0.15) is 0 Å². The number of benzene rings is 1. The number of fused-ring (bicyclic) bond motifs is 1. The van der Waals surface area contributed by atoms with Crippen LogP contribution in [0.3, 0.4) is 0 Å². The fourth-order valence-corrected chi connectivity index (χ4v) is 9.93. The summed E-state index contributed by atoms with van der Waals surface area (Å²) in [6.07, 6.45) is 0.970. The normalized spacial score (nSPS) is 17.0. The molecule has 0 unspecified atom stereocenters. The Hall–Kier alpha value is -1.02. The number of aryl methyl sites for hydroxylation is 1. The highest BCUT2D eigenvalue weighted by molar-refractivity contribution is 6.88. The van der Waals surface area contributed by atoms with E-state index in [0.717, 1.165) is 28.8 Å². The molecule has 0 saturated heterocycles. The minimum absolute atomic E-state index is 0.735. The first-order chi connectivity index (χ1) is 9.79. The number of hydrogen-bond acceptors (Lipinski definition) is 1. The van der Waals surface area contributed by atoms with Crippen LogP contribution in [0, 0.1) is 6.92 Å². The summed E-state index contributed by atoms with van der Waals surface area (Å²) in [7, 11) is -1.54. The Balaban J connectivity index is 2.41. The number of ether oxygens (including phenoxy) is 1. The van der Waals surface area contributed by atoms with Crippen LogP contribution in [0.4, 0.5) is 0 Å². The highest BCUT2D eigenvalue weighted by Gasteiger charge is 2.42. The van der Waals surface area contributed by atoms with Crippen LogP contribution in [-0.2, 0) is 6.42 Å². The third-order valence-electron chi connectivity index (χ3n) is 5.30. The first kappa shape index (κ1) is 16.3. The van der Waals surface area contributed by atoms with E-state index in [1.54, 1.807) is 0 Å². The smallest absolute Gasteiger partial charge is 0.133 e. The van der Waals surface area contributed by atoms with Crippen molar-refractivity contribution in [2.24, 2.45) is 0 Å². The Morgan fingerprint density at radius 3 is 2.05 bits per heavy atom. The summed E-state index contributed by atoms with van der Waals surface area (Å²) in [4.78, 5) is 0. The summed E-state index contributed by atoms with van der Waals surface area (Å²) in [5.41, 5.74) is 7.38. The van der Waals surface area contributed by atoms with Crippen molar-refractivity contribution in [3.63, 3.8) is 0 Å². The molecule has 1 aliphatic heterocycles. The predicted octanol–water partition coefficient (Wildman–Crippen LogP) is 6.03. The quantitative estimate of drug-likeness (QED) is 0.617. The van der Waals surface area contributed by atoms with Gasteiger partial charge in [0.25, 0.3) is 0 Å². The monoisotopic (exact) mass is 302 g/mol. The molecule has 0 aromatic heterocycles. The molecule has 1 nitrogen and oxygen atoms in total.